The molecule has 1 atom stereocenters. The number of benzene rings is 8. The number of hydrogen-bond donors (Lipinski definition) is 0. The summed E-state index contributed by atoms with van der Waals surface area (Å²) in [6, 6.07) is 69.2. The largest absolute Gasteiger partial charge is 0.228 e. The summed E-state index contributed by atoms with van der Waals surface area (Å²) in [7, 11) is 0. The second kappa shape index (κ2) is 12.8. The fourth-order valence-electron chi connectivity index (χ4n) is 8.78. The molecule has 56 heavy (non-hydrogen) atoms. The third kappa shape index (κ3) is 4.99. The molecule has 260 valence electrons. The SMILES string of the molecule is N#Cc1ccc(-c2ccc3c(c2)C2(c4ccccc4S3)c3ccccc3-c3ccc(-c4cc(-c5ccc6ccccc6c5)nc(-c5ccccc5)n4)cc32)cc1. The highest BCUT2D eigenvalue weighted by Gasteiger charge is 2.50. The molecule has 0 N–H and O–H groups in total. The molecule has 4 heteroatoms. The molecule has 0 fully saturated rings. The zero-order valence-corrected chi connectivity index (χ0v) is 31.0. The number of nitrogens with zero attached hydrogens (tertiary/aromatic N) is 3. The van der Waals surface area contributed by atoms with Gasteiger partial charge in [-0.1, -0.05) is 151 Å². The molecule has 11 rings (SSSR count). The van der Waals surface area contributed by atoms with Crippen molar-refractivity contribution in [1.82, 2.24) is 9.97 Å². The summed E-state index contributed by atoms with van der Waals surface area (Å²) in [5, 5.41) is 11.9. The van der Waals surface area contributed by atoms with Gasteiger partial charge in [-0.3, -0.25) is 0 Å². The lowest BCUT2D eigenvalue weighted by atomic mass is 9.66. The van der Waals surface area contributed by atoms with E-state index in [4.69, 9.17) is 9.97 Å². The lowest BCUT2D eigenvalue weighted by molar-refractivity contribution is 0.723. The Morgan fingerprint density at radius 3 is 1.84 bits per heavy atom. The first-order valence-electron chi connectivity index (χ1n) is 18.8. The fourth-order valence-corrected chi connectivity index (χ4v) is 9.96. The predicted molar refractivity (Wildman–Crippen MR) is 227 cm³/mol. The van der Waals surface area contributed by atoms with Crippen molar-refractivity contribution in [2.45, 2.75) is 15.2 Å². The summed E-state index contributed by atoms with van der Waals surface area (Å²) in [6.45, 7) is 0. The van der Waals surface area contributed by atoms with E-state index in [-0.39, 0.29) is 0 Å². The van der Waals surface area contributed by atoms with Crippen LogP contribution in [0.15, 0.2) is 198 Å². The van der Waals surface area contributed by atoms with Gasteiger partial charge >= 0.3 is 0 Å². The van der Waals surface area contributed by atoms with Crippen molar-refractivity contribution in [2.75, 3.05) is 0 Å². The highest BCUT2D eigenvalue weighted by Crippen LogP contribution is 2.62. The Morgan fingerprint density at radius 2 is 1.02 bits per heavy atom. The molecule has 0 amide bonds. The highest BCUT2D eigenvalue weighted by molar-refractivity contribution is 7.99. The topological polar surface area (TPSA) is 49.6 Å². The van der Waals surface area contributed by atoms with E-state index in [9.17, 15) is 5.26 Å². The average molecular weight is 730 g/mol. The Morgan fingerprint density at radius 1 is 0.411 bits per heavy atom. The molecule has 0 saturated heterocycles. The standard InChI is InChI=1S/C52H31N3S/c53-32-33-18-20-35(21-19-33)38-25-27-50-46(29-38)52(44-16-8-9-17-49(44)56-50)43-15-7-6-14-41(43)42-26-24-40(30-45(42)52)48-31-47(54-51(55-48)36-11-2-1-3-12-36)39-23-22-34-10-4-5-13-37(34)28-39/h1-31H. The number of aromatic nitrogens is 2. The van der Waals surface area contributed by atoms with Crippen LogP contribution in [0.25, 0.3) is 66.9 Å². The van der Waals surface area contributed by atoms with Gasteiger partial charge in [0.05, 0.1) is 28.4 Å². The maximum Gasteiger partial charge on any atom is 0.160 e. The van der Waals surface area contributed by atoms with E-state index in [2.05, 4.69) is 164 Å². The monoisotopic (exact) mass is 729 g/mol. The van der Waals surface area contributed by atoms with Crippen LogP contribution < -0.4 is 0 Å². The van der Waals surface area contributed by atoms with Crippen molar-refractivity contribution in [3.8, 4) is 62.2 Å². The Hall–Kier alpha value is -7.06. The zero-order valence-electron chi connectivity index (χ0n) is 30.1. The molecule has 1 unspecified atom stereocenters. The van der Waals surface area contributed by atoms with Gasteiger partial charge in [0.15, 0.2) is 5.82 Å². The summed E-state index contributed by atoms with van der Waals surface area (Å²) in [6.07, 6.45) is 0. The Bertz CT molecular complexity index is 3070. The first-order valence-corrected chi connectivity index (χ1v) is 19.6. The number of rotatable bonds is 4. The van der Waals surface area contributed by atoms with Gasteiger partial charge in [0, 0.05) is 26.5 Å². The maximum absolute atomic E-state index is 9.50. The molecule has 2 aliphatic rings. The number of fused-ring (bicyclic) bond motifs is 10. The van der Waals surface area contributed by atoms with Crippen LogP contribution >= 0.6 is 11.8 Å². The molecule has 3 nitrogen and oxygen atoms in total. The van der Waals surface area contributed by atoms with Gasteiger partial charge in [-0.2, -0.15) is 5.26 Å². The normalized spacial score (nSPS) is 14.8. The van der Waals surface area contributed by atoms with Crippen molar-refractivity contribution < 1.29 is 0 Å². The summed E-state index contributed by atoms with van der Waals surface area (Å²) in [5.41, 5.74) is 14.7. The van der Waals surface area contributed by atoms with Gasteiger partial charge in [-0.25, -0.2) is 9.97 Å². The van der Waals surface area contributed by atoms with Gasteiger partial charge in [-0.15, -0.1) is 0 Å². The van der Waals surface area contributed by atoms with Crippen LogP contribution in [-0.4, -0.2) is 9.97 Å². The van der Waals surface area contributed by atoms with Gasteiger partial charge < -0.3 is 0 Å². The van der Waals surface area contributed by atoms with Gasteiger partial charge in [0.25, 0.3) is 0 Å². The van der Waals surface area contributed by atoms with E-state index in [1.807, 2.05) is 42.1 Å². The Labute approximate surface area is 329 Å². The third-order valence-corrected chi connectivity index (χ3v) is 12.5. The smallest absolute Gasteiger partial charge is 0.160 e. The maximum atomic E-state index is 9.50. The van der Waals surface area contributed by atoms with Crippen molar-refractivity contribution >= 4 is 22.5 Å². The predicted octanol–water partition coefficient (Wildman–Crippen LogP) is 13.0. The number of hydrogen-bond acceptors (Lipinski definition) is 4. The van der Waals surface area contributed by atoms with E-state index in [1.165, 1.54) is 53.9 Å². The zero-order chi connectivity index (χ0) is 37.2. The fraction of sp³-hybridized carbons (Fsp3) is 0.0192. The van der Waals surface area contributed by atoms with Crippen molar-refractivity contribution in [3.05, 3.63) is 216 Å². The average Bonchev–Trinajstić information content (AvgIpc) is 3.56. The summed E-state index contributed by atoms with van der Waals surface area (Å²) < 4.78 is 0. The second-order valence-electron chi connectivity index (χ2n) is 14.4. The van der Waals surface area contributed by atoms with Crippen molar-refractivity contribution in [1.29, 1.82) is 5.26 Å². The van der Waals surface area contributed by atoms with E-state index < -0.39 is 5.41 Å². The first-order chi connectivity index (χ1) is 27.7. The van der Waals surface area contributed by atoms with Crippen LogP contribution in [0, 0.1) is 11.3 Å². The van der Waals surface area contributed by atoms with E-state index in [0.29, 0.717) is 11.4 Å². The van der Waals surface area contributed by atoms with E-state index in [0.717, 1.165) is 39.2 Å². The Kier molecular flexibility index (Phi) is 7.38. The van der Waals surface area contributed by atoms with Gasteiger partial charge in [0.2, 0.25) is 0 Å². The van der Waals surface area contributed by atoms with Crippen LogP contribution in [0.4, 0.5) is 0 Å². The van der Waals surface area contributed by atoms with Crippen LogP contribution in [0.2, 0.25) is 0 Å². The molecule has 9 aromatic rings. The lowest BCUT2D eigenvalue weighted by Gasteiger charge is -2.40. The molecule has 1 spiro atoms. The molecule has 8 aromatic carbocycles. The van der Waals surface area contributed by atoms with Crippen molar-refractivity contribution in [3.63, 3.8) is 0 Å². The first kappa shape index (κ1) is 32.4. The summed E-state index contributed by atoms with van der Waals surface area (Å²) in [5.74, 6) is 0.696. The molecular formula is C52H31N3S. The van der Waals surface area contributed by atoms with Gasteiger partial charge in [-0.05, 0) is 104 Å². The van der Waals surface area contributed by atoms with Crippen LogP contribution in [0.1, 0.15) is 27.8 Å². The molecular weight excluding hydrogens is 699 g/mol. The molecule has 0 bridgehead atoms. The minimum Gasteiger partial charge on any atom is -0.228 e. The molecule has 0 radical (unpaired) electrons. The van der Waals surface area contributed by atoms with E-state index >= 15 is 0 Å². The van der Waals surface area contributed by atoms with Crippen LogP contribution in [0.3, 0.4) is 0 Å². The Balaban J connectivity index is 1.16. The van der Waals surface area contributed by atoms with Gasteiger partial charge in [0.1, 0.15) is 0 Å². The minimum absolute atomic E-state index is 0.571. The second-order valence-corrected chi connectivity index (χ2v) is 15.5. The highest BCUT2D eigenvalue weighted by atomic mass is 32.2. The number of nitriles is 1. The lowest BCUT2D eigenvalue weighted by Crippen LogP contribution is -2.32. The van der Waals surface area contributed by atoms with Crippen LogP contribution in [-0.2, 0) is 5.41 Å². The molecule has 2 heterocycles. The summed E-state index contributed by atoms with van der Waals surface area (Å²) in [4.78, 5) is 13.0. The molecule has 1 aliphatic carbocycles. The quantitative estimate of drug-likeness (QED) is 0.181. The molecule has 1 aromatic heterocycles. The van der Waals surface area contributed by atoms with Crippen molar-refractivity contribution in [2.24, 2.45) is 0 Å². The summed E-state index contributed by atoms with van der Waals surface area (Å²) >= 11 is 1.84. The minimum atomic E-state index is -0.571. The van der Waals surface area contributed by atoms with Crippen LogP contribution in [0.5, 0.6) is 0 Å². The van der Waals surface area contributed by atoms with E-state index in [1.54, 1.807) is 0 Å². The molecule has 0 saturated carbocycles. The third-order valence-electron chi connectivity index (χ3n) is 11.4. The molecule has 1 aliphatic heterocycles.